The van der Waals surface area contributed by atoms with Crippen LogP contribution >= 0.6 is 11.6 Å². The lowest BCUT2D eigenvalue weighted by Crippen LogP contribution is -2.38. The predicted octanol–water partition coefficient (Wildman–Crippen LogP) is 2.73. The molecule has 0 radical (unpaired) electrons. The number of para-hydroxylation sites is 1. The van der Waals surface area contributed by atoms with Gasteiger partial charge in [-0.25, -0.2) is 14.5 Å². The molecule has 172 valence electrons. The van der Waals surface area contributed by atoms with Gasteiger partial charge < -0.3 is 25.2 Å². The normalized spacial score (nSPS) is 15.2. The van der Waals surface area contributed by atoms with Crippen LogP contribution in [0.2, 0.25) is 5.02 Å². The maximum Gasteiger partial charge on any atom is 0.344 e. The van der Waals surface area contributed by atoms with E-state index in [1.54, 1.807) is 42.5 Å². The van der Waals surface area contributed by atoms with Crippen molar-refractivity contribution in [1.29, 1.82) is 0 Å². The Labute approximate surface area is 193 Å². The lowest BCUT2D eigenvalue weighted by atomic mass is 10.1. The zero-order chi connectivity index (χ0) is 24.1. The summed E-state index contributed by atoms with van der Waals surface area (Å²) in [4.78, 5) is 49.3. The molecular weight excluding hydrogens is 454 g/mol. The van der Waals surface area contributed by atoms with Gasteiger partial charge in [-0.2, -0.15) is 0 Å². The molecule has 1 fully saturated rings. The Hall–Kier alpha value is -4.05. The second kappa shape index (κ2) is 10.0. The zero-order valence-corrected chi connectivity index (χ0v) is 18.4. The Morgan fingerprint density at radius 2 is 1.91 bits per heavy atom. The van der Waals surface area contributed by atoms with E-state index in [0.29, 0.717) is 16.3 Å². The molecule has 0 saturated carbocycles. The van der Waals surface area contributed by atoms with Gasteiger partial charge in [0, 0.05) is 16.3 Å². The molecule has 0 aromatic heterocycles. The average molecular weight is 474 g/mol. The van der Waals surface area contributed by atoms with Crippen molar-refractivity contribution in [2.45, 2.75) is 13.0 Å². The minimum absolute atomic E-state index is 0.0865. The number of halogens is 1. The number of imide groups is 1. The lowest BCUT2D eigenvalue weighted by Gasteiger charge is -2.16. The smallest absolute Gasteiger partial charge is 0.344 e. The first kappa shape index (κ1) is 23.6. The number of rotatable bonds is 8. The number of benzene rings is 2. The molecule has 2 aromatic rings. The summed E-state index contributed by atoms with van der Waals surface area (Å²) in [6.07, 6.45) is 0.129. The fraction of sp³-hybridized carbons (Fsp3) is 0.182. The van der Waals surface area contributed by atoms with E-state index in [-0.39, 0.29) is 17.2 Å². The monoisotopic (exact) mass is 473 g/mol. The highest BCUT2D eigenvalue weighted by Crippen LogP contribution is 2.34. The van der Waals surface area contributed by atoms with Gasteiger partial charge in [0.15, 0.2) is 17.6 Å². The number of methoxy groups -OCH3 is 1. The van der Waals surface area contributed by atoms with Crippen LogP contribution in [0.15, 0.2) is 48.2 Å². The Bertz CT molecular complexity index is 1130. The molecule has 0 bridgehead atoms. The molecule has 10 nitrogen and oxygen atoms in total. The number of nitrogens with zero attached hydrogens (tertiary/aromatic N) is 1. The highest BCUT2D eigenvalue weighted by Gasteiger charge is 2.35. The number of urea groups is 1. The number of aliphatic carboxylic acids is 1. The first-order chi connectivity index (χ1) is 15.7. The van der Waals surface area contributed by atoms with Crippen LogP contribution in [0.4, 0.5) is 10.5 Å². The molecule has 1 aliphatic rings. The highest BCUT2D eigenvalue weighted by molar-refractivity contribution is 6.30. The van der Waals surface area contributed by atoms with Gasteiger partial charge in [0.1, 0.15) is 12.2 Å². The van der Waals surface area contributed by atoms with E-state index in [1.165, 1.54) is 20.1 Å². The number of hydrogen-bond donors (Lipinski definition) is 3. The van der Waals surface area contributed by atoms with Gasteiger partial charge in [-0.3, -0.25) is 9.59 Å². The number of carboxylic acids is 1. The predicted molar refractivity (Wildman–Crippen MR) is 119 cm³/mol. The van der Waals surface area contributed by atoms with E-state index in [9.17, 15) is 19.2 Å². The summed E-state index contributed by atoms with van der Waals surface area (Å²) in [6, 6.07) is 10.3. The Balaban J connectivity index is 1.80. The highest BCUT2D eigenvalue weighted by atomic mass is 35.5. The van der Waals surface area contributed by atoms with Crippen molar-refractivity contribution in [3.8, 4) is 11.5 Å². The van der Waals surface area contributed by atoms with Crippen LogP contribution in [-0.4, -0.2) is 53.6 Å². The maximum atomic E-state index is 12.8. The Kier molecular flexibility index (Phi) is 7.19. The van der Waals surface area contributed by atoms with E-state index in [0.717, 1.165) is 4.90 Å². The number of anilines is 1. The van der Waals surface area contributed by atoms with Crippen molar-refractivity contribution in [2.24, 2.45) is 0 Å². The van der Waals surface area contributed by atoms with Crippen molar-refractivity contribution in [3.63, 3.8) is 0 Å². The minimum atomic E-state index is -1.19. The maximum absolute atomic E-state index is 12.8. The van der Waals surface area contributed by atoms with Crippen molar-refractivity contribution >= 4 is 47.2 Å². The van der Waals surface area contributed by atoms with E-state index in [2.05, 4.69) is 10.6 Å². The summed E-state index contributed by atoms with van der Waals surface area (Å²) >= 11 is 5.81. The fourth-order valence-corrected chi connectivity index (χ4v) is 3.03. The number of amides is 4. The van der Waals surface area contributed by atoms with Crippen LogP contribution < -0.4 is 20.1 Å². The second-order valence-corrected chi connectivity index (χ2v) is 7.35. The number of carbonyl (C=O) groups is 4. The third-order valence-electron chi connectivity index (χ3n) is 4.56. The third kappa shape index (κ3) is 5.60. The van der Waals surface area contributed by atoms with Gasteiger partial charge in [-0.1, -0.05) is 23.7 Å². The van der Waals surface area contributed by atoms with Crippen molar-refractivity contribution < 1.29 is 33.8 Å². The summed E-state index contributed by atoms with van der Waals surface area (Å²) in [5.41, 5.74) is 0.650. The van der Waals surface area contributed by atoms with Crippen LogP contribution in [0.3, 0.4) is 0 Å². The number of carbonyl (C=O) groups excluding carboxylic acids is 3. The summed E-state index contributed by atoms with van der Waals surface area (Å²) in [5.74, 6) is -2.17. The Morgan fingerprint density at radius 1 is 1.21 bits per heavy atom. The van der Waals surface area contributed by atoms with E-state index in [1.807, 2.05) is 0 Å². The van der Waals surface area contributed by atoms with Crippen molar-refractivity contribution in [3.05, 3.63) is 58.7 Å². The minimum Gasteiger partial charge on any atom is -0.493 e. The molecule has 33 heavy (non-hydrogen) atoms. The number of nitrogens with one attached hydrogen (secondary N) is 2. The van der Waals surface area contributed by atoms with Crippen molar-refractivity contribution in [1.82, 2.24) is 10.2 Å². The van der Waals surface area contributed by atoms with E-state index < -0.39 is 36.5 Å². The van der Waals surface area contributed by atoms with E-state index in [4.69, 9.17) is 26.2 Å². The molecular formula is C22H20ClN3O7. The summed E-state index contributed by atoms with van der Waals surface area (Å²) in [5, 5.41) is 14.6. The average Bonchev–Trinajstić information content (AvgIpc) is 3.03. The number of hydrogen-bond acceptors (Lipinski definition) is 6. The van der Waals surface area contributed by atoms with E-state index >= 15 is 0 Å². The molecule has 11 heteroatoms. The fourth-order valence-electron chi connectivity index (χ4n) is 2.91. The second-order valence-electron chi connectivity index (χ2n) is 6.91. The summed E-state index contributed by atoms with van der Waals surface area (Å²) in [6.45, 7) is 0.831. The van der Waals surface area contributed by atoms with Crippen molar-refractivity contribution in [2.75, 3.05) is 19.0 Å². The quantitative estimate of drug-likeness (QED) is 0.396. The molecule has 3 rings (SSSR count). The molecule has 1 aliphatic heterocycles. The molecule has 0 aliphatic carbocycles. The SMILES string of the molecule is COc1cccc(/C=C2\NC(=O)N(CC(=O)Nc3ccc(Cl)cc3)C2=O)c1O[C@H](C)C(=O)O. The Morgan fingerprint density at radius 3 is 2.55 bits per heavy atom. The van der Waals surface area contributed by atoms with Gasteiger partial charge in [-0.05, 0) is 43.3 Å². The molecule has 3 N–H and O–H groups in total. The van der Waals surface area contributed by atoms with Gasteiger partial charge in [0.25, 0.3) is 5.91 Å². The standard InChI is InChI=1S/C22H20ClN3O7/c1-12(21(29)30)33-19-13(4-3-5-17(19)32-2)10-16-20(28)26(22(31)25-16)11-18(27)24-15-8-6-14(23)7-9-15/h3-10,12H,11H2,1-2H3,(H,24,27)(H,25,31)(H,29,30)/b16-10-/t12-/m1/s1. The molecule has 1 atom stereocenters. The molecule has 1 saturated heterocycles. The van der Waals surface area contributed by atoms with Crippen LogP contribution in [0.5, 0.6) is 11.5 Å². The van der Waals surface area contributed by atoms with Crippen LogP contribution in [0.25, 0.3) is 6.08 Å². The molecule has 4 amide bonds. The zero-order valence-electron chi connectivity index (χ0n) is 17.6. The van der Waals surface area contributed by atoms with Gasteiger partial charge in [0.05, 0.1) is 7.11 Å². The van der Waals surface area contributed by atoms with Gasteiger partial charge >= 0.3 is 12.0 Å². The first-order valence-electron chi connectivity index (χ1n) is 9.66. The molecule has 1 heterocycles. The van der Waals surface area contributed by atoms with Gasteiger partial charge in [-0.15, -0.1) is 0 Å². The number of carboxylic acid groups (broad SMARTS) is 1. The number of ether oxygens (including phenoxy) is 2. The molecule has 2 aromatic carbocycles. The summed E-state index contributed by atoms with van der Waals surface area (Å²) < 4.78 is 10.7. The van der Waals surface area contributed by atoms with Crippen LogP contribution in [0.1, 0.15) is 12.5 Å². The van der Waals surface area contributed by atoms with Crippen LogP contribution in [-0.2, 0) is 14.4 Å². The molecule has 0 unspecified atom stereocenters. The largest absolute Gasteiger partial charge is 0.493 e. The summed E-state index contributed by atoms with van der Waals surface area (Å²) in [7, 11) is 1.38. The molecule has 0 spiro atoms. The lowest BCUT2D eigenvalue weighted by molar-refractivity contribution is -0.144. The topological polar surface area (TPSA) is 134 Å². The van der Waals surface area contributed by atoms with Crippen LogP contribution in [0, 0.1) is 0 Å². The third-order valence-corrected chi connectivity index (χ3v) is 4.82. The van der Waals surface area contributed by atoms with Gasteiger partial charge in [0.2, 0.25) is 5.91 Å². The first-order valence-corrected chi connectivity index (χ1v) is 10.0.